The Balaban J connectivity index is 1.66. The lowest BCUT2D eigenvalue weighted by Gasteiger charge is -2.37. The zero-order valence-corrected chi connectivity index (χ0v) is 14.3. The molecular formula is C20H18N4O2. The van der Waals surface area contributed by atoms with Crippen LogP contribution in [0.5, 0.6) is 0 Å². The van der Waals surface area contributed by atoms with Crippen molar-refractivity contribution in [1.82, 2.24) is 14.8 Å². The highest BCUT2D eigenvalue weighted by Gasteiger charge is 2.43. The fraction of sp³-hybridized carbons (Fsp3) is 0.250. The van der Waals surface area contributed by atoms with Crippen LogP contribution in [0, 0.1) is 12.8 Å². The highest BCUT2D eigenvalue weighted by atomic mass is 16.3. The maximum Gasteiger partial charge on any atom is 0.226 e. The molecule has 6 heteroatoms. The molecule has 130 valence electrons. The lowest BCUT2D eigenvalue weighted by molar-refractivity contribution is -0.123. The number of benzene rings is 1. The summed E-state index contributed by atoms with van der Waals surface area (Å²) in [6, 6.07) is 13.6. The molecule has 0 fully saturated rings. The van der Waals surface area contributed by atoms with Crippen LogP contribution in [0.25, 0.3) is 0 Å². The number of fused-ring (bicyclic) bond motifs is 2. The number of furan rings is 1. The van der Waals surface area contributed by atoms with Gasteiger partial charge in [0.1, 0.15) is 17.4 Å². The lowest BCUT2D eigenvalue weighted by Crippen LogP contribution is -2.40. The van der Waals surface area contributed by atoms with Gasteiger partial charge >= 0.3 is 0 Å². The summed E-state index contributed by atoms with van der Waals surface area (Å²) in [6.45, 7) is 1.86. The zero-order chi connectivity index (χ0) is 17.7. The Labute approximate surface area is 150 Å². The molecule has 5 rings (SSSR count). The largest absolute Gasteiger partial charge is 0.469 e. The zero-order valence-electron chi connectivity index (χ0n) is 14.3. The molecule has 1 aromatic carbocycles. The molecule has 2 aliphatic rings. The van der Waals surface area contributed by atoms with E-state index in [0.717, 1.165) is 17.0 Å². The summed E-state index contributed by atoms with van der Waals surface area (Å²) in [5.74, 6) is 2.00. The van der Waals surface area contributed by atoms with E-state index in [1.807, 2.05) is 54.1 Å². The van der Waals surface area contributed by atoms with Crippen LogP contribution < -0.4 is 5.32 Å². The van der Waals surface area contributed by atoms with Gasteiger partial charge < -0.3 is 9.73 Å². The van der Waals surface area contributed by atoms with Crippen molar-refractivity contribution in [2.75, 3.05) is 5.32 Å². The van der Waals surface area contributed by atoms with E-state index in [1.54, 1.807) is 6.26 Å². The molecule has 0 saturated heterocycles. The van der Waals surface area contributed by atoms with Gasteiger partial charge in [-0.2, -0.15) is 10.1 Å². The minimum atomic E-state index is -0.294. The van der Waals surface area contributed by atoms with E-state index in [1.165, 1.54) is 0 Å². The van der Waals surface area contributed by atoms with Gasteiger partial charge in [0.15, 0.2) is 0 Å². The van der Waals surface area contributed by atoms with Crippen LogP contribution in [0.4, 0.5) is 5.95 Å². The summed E-state index contributed by atoms with van der Waals surface area (Å²) in [4.78, 5) is 17.6. The molecule has 26 heavy (non-hydrogen) atoms. The summed E-state index contributed by atoms with van der Waals surface area (Å²) >= 11 is 0. The predicted octanol–water partition coefficient (Wildman–Crippen LogP) is 3.45. The molecule has 3 aromatic rings. The average molecular weight is 346 g/mol. The summed E-state index contributed by atoms with van der Waals surface area (Å²) in [5, 5.41) is 7.88. The third-order valence-corrected chi connectivity index (χ3v) is 5.11. The number of hydrogen-bond donors (Lipinski definition) is 1. The van der Waals surface area contributed by atoms with E-state index >= 15 is 0 Å². The molecule has 0 bridgehead atoms. The number of rotatable bonds is 2. The van der Waals surface area contributed by atoms with Crippen LogP contribution in [0.2, 0.25) is 0 Å². The van der Waals surface area contributed by atoms with E-state index in [0.29, 0.717) is 18.2 Å². The first-order chi connectivity index (χ1) is 12.7. The molecule has 0 unspecified atom stereocenters. The SMILES string of the molecule is Cc1nc2n(n1)[C@@H](c1ccccc1)[C@@H]1C(=O)C[C@@H](c3ccco3)C=C1N2. The van der Waals surface area contributed by atoms with Crippen molar-refractivity contribution >= 4 is 11.7 Å². The minimum Gasteiger partial charge on any atom is -0.469 e. The molecule has 1 aliphatic carbocycles. The Hall–Kier alpha value is -3.15. The van der Waals surface area contributed by atoms with Crippen LogP contribution >= 0.6 is 0 Å². The first kappa shape index (κ1) is 15.1. The molecule has 6 nitrogen and oxygen atoms in total. The maximum absolute atomic E-state index is 13.2. The smallest absolute Gasteiger partial charge is 0.226 e. The number of nitrogens with one attached hydrogen (secondary N) is 1. The number of anilines is 1. The first-order valence-corrected chi connectivity index (χ1v) is 8.73. The number of hydrogen-bond acceptors (Lipinski definition) is 5. The highest BCUT2D eigenvalue weighted by Crippen LogP contribution is 2.44. The molecule has 2 aromatic heterocycles. The van der Waals surface area contributed by atoms with Gasteiger partial charge in [-0.05, 0) is 24.6 Å². The van der Waals surface area contributed by atoms with Crippen molar-refractivity contribution in [3.05, 3.63) is 77.6 Å². The monoisotopic (exact) mass is 346 g/mol. The lowest BCUT2D eigenvalue weighted by atomic mass is 9.77. The molecule has 1 N–H and O–H groups in total. The number of nitrogens with zero attached hydrogens (tertiary/aromatic N) is 3. The van der Waals surface area contributed by atoms with Crippen LogP contribution in [0.3, 0.4) is 0 Å². The van der Waals surface area contributed by atoms with Gasteiger partial charge in [-0.3, -0.25) is 4.79 Å². The van der Waals surface area contributed by atoms with Crippen LogP contribution in [-0.2, 0) is 4.79 Å². The molecule has 3 atom stereocenters. The fourth-order valence-electron chi connectivity index (χ4n) is 4.01. The van der Waals surface area contributed by atoms with Gasteiger partial charge in [0, 0.05) is 18.0 Å². The predicted molar refractivity (Wildman–Crippen MR) is 95.6 cm³/mol. The molecule has 0 radical (unpaired) electrons. The topological polar surface area (TPSA) is 73.0 Å². The van der Waals surface area contributed by atoms with Crippen LogP contribution in [0.15, 0.2) is 64.9 Å². The molecular weight excluding hydrogens is 328 g/mol. The Morgan fingerprint density at radius 2 is 2.04 bits per heavy atom. The number of Topliss-reactive ketones (excluding diaryl/α,β-unsaturated/α-hetero) is 1. The van der Waals surface area contributed by atoms with Gasteiger partial charge in [-0.25, -0.2) is 4.68 Å². The molecule has 0 spiro atoms. The summed E-state index contributed by atoms with van der Waals surface area (Å²) in [5.41, 5.74) is 1.94. The summed E-state index contributed by atoms with van der Waals surface area (Å²) in [7, 11) is 0. The molecule has 0 saturated carbocycles. The van der Waals surface area contributed by atoms with Crippen molar-refractivity contribution in [1.29, 1.82) is 0 Å². The summed E-state index contributed by atoms with van der Waals surface area (Å²) < 4.78 is 7.37. The van der Waals surface area contributed by atoms with Gasteiger partial charge in [0.2, 0.25) is 5.95 Å². The molecule has 3 heterocycles. The number of aromatic nitrogens is 3. The van der Waals surface area contributed by atoms with Crippen molar-refractivity contribution in [2.24, 2.45) is 5.92 Å². The quantitative estimate of drug-likeness (QED) is 0.769. The second-order valence-corrected chi connectivity index (χ2v) is 6.80. The van der Waals surface area contributed by atoms with Crippen molar-refractivity contribution in [2.45, 2.75) is 25.3 Å². The highest BCUT2D eigenvalue weighted by molar-refractivity contribution is 5.88. The average Bonchev–Trinajstić information content (AvgIpc) is 3.29. The Morgan fingerprint density at radius 1 is 1.19 bits per heavy atom. The molecule has 1 aliphatic heterocycles. The van der Waals surface area contributed by atoms with E-state index in [4.69, 9.17) is 4.42 Å². The number of aryl methyl sites for hydroxylation is 1. The van der Waals surface area contributed by atoms with Gasteiger partial charge in [-0.15, -0.1) is 0 Å². The van der Waals surface area contributed by atoms with Gasteiger partial charge in [-0.1, -0.05) is 36.4 Å². The van der Waals surface area contributed by atoms with Crippen LogP contribution in [0.1, 0.15) is 35.5 Å². The standard InChI is InChI=1S/C20H18N4O2/c1-12-21-20-22-15-10-14(17-8-5-9-26-17)11-16(25)18(15)19(24(20)23-12)13-6-3-2-4-7-13/h2-10,14,18-19H,11H2,1H3,(H,21,22,23)/t14-,18-,19-/m0/s1. The second kappa shape index (κ2) is 5.69. The number of allylic oxidation sites excluding steroid dienone is 2. The van der Waals surface area contributed by atoms with E-state index in [2.05, 4.69) is 21.5 Å². The van der Waals surface area contributed by atoms with Crippen molar-refractivity contribution < 1.29 is 9.21 Å². The Morgan fingerprint density at radius 3 is 2.81 bits per heavy atom. The van der Waals surface area contributed by atoms with Gasteiger partial charge in [0.25, 0.3) is 0 Å². The number of carbonyl (C=O) groups is 1. The maximum atomic E-state index is 13.2. The first-order valence-electron chi connectivity index (χ1n) is 8.73. The van der Waals surface area contributed by atoms with Gasteiger partial charge in [0.05, 0.1) is 18.2 Å². The number of carbonyl (C=O) groups excluding carboxylic acids is 1. The normalized spacial score (nSPS) is 24.4. The van der Waals surface area contributed by atoms with Crippen molar-refractivity contribution in [3.8, 4) is 0 Å². The fourth-order valence-corrected chi connectivity index (χ4v) is 4.01. The third kappa shape index (κ3) is 2.29. The Kier molecular flexibility index (Phi) is 3.31. The third-order valence-electron chi connectivity index (χ3n) is 5.11. The summed E-state index contributed by atoms with van der Waals surface area (Å²) in [6.07, 6.45) is 4.18. The second-order valence-electron chi connectivity index (χ2n) is 6.80. The van der Waals surface area contributed by atoms with E-state index in [-0.39, 0.29) is 23.7 Å². The van der Waals surface area contributed by atoms with E-state index < -0.39 is 0 Å². The van der Waals surface area contributed by atoms with Crippen molar-refractivity contribution in [3.63, 3.8) is 0 Å². The van der Waals surface area contributed by atoms with E-state index in [9.17, 15) is 4.79 Å². The Bertz CT molecular complexity index is 988. The minimum absolute atomic E-state index is 0.0526. The number of ketones is 1. The molecule has 0 amide bonds. The van der Waals surface area contributed by atoms with Crippen LogP contribution in [-0.4, -0.2) is 20.5 Å².